The molecule has 1 N–H and O–H groups in total. The van der Waals surface area contributed by atoms with Gasteiger partial charge in [0.25, 0.3) is 20.0 Å². The van der Waals surface area contributed by atoms with E-state index < -0.39 is 20.0 Å². The lowest BCUT2D eigenvalue weighted by Crippen LogP contribution is -2.31. The molecule has 0 aromatic heterocycles. The van der Waals surface area contributed by atoms with E-state index in [1.54, 1.807) is 84.9 Å². The van der Waals surface area contributed by atoms with Gasteiger partial charge in [-0.3, -0.25) is 0 Å². The topological polar surface area (TPSA) is 80.3 Å². The Morgan fingerprint density at radius 3 is 1.13 bits per heavy atom. The van der Waals surface area contributed by atoms with Gasteiger partial charge in [-0.25, -0.2) is 16.8 Å². The minimum absolute atomic E-state index is 0.109. The van der Waals surface area contributed by atoms with E-state index in [4.69, 9.17) is 0 Å². The zero-order valence-electron chi connectivity index (χ0n) is 16.3. The molecule has 0 fully saturated rings. The molecular weight excluding hydrogens is 430 g/mol. The summed E-state index contributed by atoms with van der Waals surface area (Å²) < 4.78 is 54.6. The third-order valence-electron chi connectivity index (χ3n) is 4.74. The van der Waals surface area contributed by atoms with Crippen molar-refractivity contribution in [3.63, 3.8) is 0 Å². The van der Waals surface area contributed by atoms with Crippen molar-refractivity contribution >= 4 is 20.0 Å². The third kappa shape index (κ3) is 4.44. The highest BCUT2D eigenvalue weighted by Gasteiger charge is 2.28. The molecule has 0 aliphatic rings. The van der Waals surface area contributed by atoms with E-state index in [-0.39, 0.29) is 9.79 Å². The van der Waals surface area contributed by atoms with E-state index in [2.05, 4.69) is 0 Å². The maximum Gasteiger partial charge on any atom is 0.254 e. The molecule has 0 spiro atoms. The summed E-state index contributed by atoms with van der Waals surface area (Å²) in [6.07, 6.45) is 0. The molecule has 0 unspecified atom stereocenters. The van der Waals surface area contributed by atoms with Crippen LogP contribution in [0.1, 0.15) is 0 Å². The summed E-state index contributed by atoms with van der Waals surface area (Å²) in [5, 5.41) is 0. The molecule has 0 saturated carbocycles. The van der Waals surface area contributed by atoms with Crippen molar-refractivity contribution in [2.45, 2.75) is 9.79 Å². The SMILES string of the molecule is O=S(=O)(NS(=O)(=O)c1ccccc1-c1ccccc1)c1ccccc1-c1ccccc1. The van der Waals surface area contributed by atoms with Crippen molar-refractivity contribution in [3.8, 4) is 22.3 Å². The zero-order valence-corrected chi connectivity index (χ0v) is 18.0. The predicted octanol–water partition coefficient (Wildman–Crippen LogP) is 4.69. The standard InChI is InChI=1S/C24H19NO4S2/c26-30(27,23-17-9-7-15-21(23)19-11-3-1-4-12-19)25-31(28,29)24-18-10-8-16-22(24)20-13-5-2-6-14-20/h1-18,25H. The van der Waals surface area contributed by atoms with Crippen molar-refractivity contribution in [2.24, 2.45) is 0 Å². The smallest absolute Gasteiger partial charge is 0.206 e. The summed E-state index contributed by atoms with van der Waals surface area (Å²) in [4.78, 5) is -0.219. The molecule has 0 atom stereocenters. The first-order valence-corrected chi connectivity index (χ1v) is 12.4. The second-order valence-corrected chi connectivity index (χ2v) is 10.4. The molecule has 0 heterocycles. The van der Waals surface area contributed by atoms with Crippen LogP contribution in [0.15, 0.2) is 119 Å². The Bertz CT molecular complexity index is 1310. The van der Waals surface area contributed by atoms with Crippen LogP contribution in [0.2, 0.25) is 0 Å². The number of rotatable bonds is 6. The Kier molecular flexibility index (Phi) is 5.73. The Morgan fingerprint density at radius 2 is 0.742 bits per heavy atom. The molecule has 5 nitrogen and oxygen atoms in total. The van der Waals surface area contributed by atoms with Crippen LogP contribution in [0, 0.1) is 0 Å². The largest absolute Gasteiger partial charge is 0.254 e. The monoisotopic (exact) mass is 449 g/mol. The predicted molar refractivity (Wildman–Crippen MR) is 121 cm³/mol. The first-order chi connectivity index (χ1) is 14.9. The van der Waals surface area contributed by atoms with Crippen molar-refractivity contribution in [2.75, 3.05) is 0 Å². The number of hydrogen-bond donors (Lipinski definition) is 1. The summed E-state index contributed by atoms with van der Waals surface area (Å²) in [6.45, 7) is 0. The molecule has 4 rings (SSSR count). The van der Waals surface area contributed by atoms with Crippen molar-refractivity contribution in [3.05, 3.63) is 109 Å². The van der Waals surface area contributed by atoms with Gasteiger partial charge in [-0.05, 0) is 23.3 Å². The number of hydrogen-bond acceptors (Lipinski definition) is 4. The summed E-state index contributed by atoms with van der Waals surface area (Å²) in [5.74, 6) is 0. The normalized spacial score (nSPS) is 11.9. The van der Waals surface area contributed by atoms with E-state index in [0.717, 1.165) is 0 Å². The van der Waals surface area contributed by atoms with Crippen LogP contribution in [-0.2, 0) is 20.0 Å². The lowest BCUT2D eigenvalue weighted by molar-refractivity contribution is 0.577. The number of nitrogens with one attached hydrogen (secondary N) is 1. The highest BCUT2D eigenvalue weighted by molar-refractivity contribution is 8.04. The van der Waals surface area contributed by atoms with Gasteiger partial charge in [0.15, 0.2) is 0 Å². The minimum Gasteiger partial charge on any atom is -0.206 e. The first-order valence-electron chi connectivity index (χ1n) is 9.46. The Morgan fingerprint density at radius 1 is 0.419 bits per heavy atom. The first kappa shape index (κ1) is 21.0. The van der Waals surface area contributed by atoms with Gasteiger partial charge in [-0.15, -0.1) is 4.13 Å². The fourth-order valence-electron chi connectivity index (χ4n) is 3.35. The van der Waals surface area contributed by atoms with Crippen LogP contribution >= 0.6 is 0 Å². The Labute approximate surface area is 182 Å². The fourth-order valence-corrected chi connectivity index (χ4v) is 6.69. The Hall–Kier alpha value is -3.26. The van der Waals surface area contributed by atoms with Crippen LogP contribution < -0.4 is 4.13 Å². The summed E-state index contributed by atoms with van der Waals surface area (Å²) in [6, 6.07) is 30.5. The van der Waals surface area contributed by atoms with E-state index in [1.807, 2.05) is 16.3 Å². The molecular formula is C24H19NO4S2. The van der Waals surface area contributed by atoms with E-state index in [9.17, 15) is 16.8 Å². The summed E-state index contributed by atoms with van der Waals surface area (Å²) in [5.41, 5.74) is 2.18. The van der Waals surface area contributed by atoms with Gasteiger partial charge < -0.3 is 0 Å². The van der Waals surface area contributed by atoms with Crippen molar-refractivity contribution < 1.29 is 16.8 Å². The summed E-state index contributed by atoms with van der Waals surface area (Å²) >= 11 is 0. The molecule has 156 valence electrons. The molecule has 4 aromatic carbocycles. The highest BCUT2D eigenvalue weighted by Crippen LogP contribution is 2.30. The van der Waals surface area contributed by atoms with Gasteiger partial charge >= 0.3 is 0 Å². The fraction of sp³-hybridized carbons (Fsp3) is 0. The molecule has 0 amide bonds. The van der Waals surface area contributed by atoms with Gasteiger partial charge in [0.2, 0.25) is 0 Å². The average Bonchev–Trinajstić information content (AvgIpc) is 2.80. The van der Waals surface area contributed by atoms with Gasteiger partial charge in [0.1, 0.15) is 0 Å². The molecule has 31 heavy (non-hydrogen) atoms. The van der Waals surface area contributed by atoms with Crippen molar-refractivity contribution in [1.82, 2.24) is 4.13 Å². The van der Waals surface area contributed by atoms with E-state index >= 15 is 0 Å². The lowest BCUT2D eigenvalue weighted by Gasteiger charge is -2.14. The minimum atomic E-state index is -4.38. The molecule has 7 heteroatoms. The van der Waals surface area contributed by atoms with Gasteiger partial charge in [0, 0.05) is 11.1 Å². The maximum atomic E-state index is 13.2. The Balaban J connectivity index is 1.78. The van der Waals surface area contributed by atoms with Gasteiger partial charge in [0.05, 0.1) is 9.79 Å². The van der Waals surface area contributed by atoms with Gasteiger partial charge in [-0.1, -0.05) is 97.1 Å². The lowest BCUT2D eigenvalue weighted by atomic mass is 10.1. The second-order valence-electron chi connectivity index (χ2n) is 6.81. The zero-order chi connectivity index (χ0) is 21.9. The molecule has 0 aliphatic heterocycles. The molecule has 0 aliphatic carbocycles. The van der Waals surface area contributed by atoms with Crippen LogP contribution in [0.25, 0.3) is 22.3 Å². The number of sulfonamides is 2. The summed E-state index contributed by atoms with van der Waals surface area (Å²) in [7, 11) is -8.76. The third-order valence-corrected chi connectivity index (χ3v) is 8.37. The highest BCUT2D eigenvalue weighted by atomic mass is 32.3. The quantitative estimate of drug-likeness (QED) is 0.463. The second kappa shape index (κ2) is 8.47. The molecule has 0 radical (unpaired) electrons. The average molecular weight is 450 g/mol. The maximum absolute atomic E-state index is 13.2. The molecule has 0 bridgehead atoms. The molecule has 0 saturated heterocycles. The van der Waals surface area contributed by atoms with Crippen molar-refractivity contribution in [1.29, 1.82) is 0 Å². The van der Waals surface area contributed by atoms with Crippen LogP contribution in [0.3, 0.4) is 0 Å². The van der Waals surface area contributed by atoms with E-state index in [0.29, 0.717) is 22.3 Å². The van der Waals surface area contributed by atoms with Crippen LogP contribution in [0.5, 0.6) is 0 Å². The van der Waals surface area contributed by atoms with Crippen LogP contribution in [-0.4, -0.2) is 16.8 Å². The number of benzene rings is 4. The van der Waals surface area contributed by atoms with E-state index in [1.165, 1.54) is 12.1 Å². The molecule has 4 aromatic rings. The van der Waals surface area contributed by atoms with Crippen LogP contribution in [0.4, 0.5) is 0 Å². The van der Waals surface area contributed by atoms with Gasteiger partial charge in [-0.2, -0.15) is 0 Å².